The third-order valence-corrected chi connectivity index (χ3v) is 8.65. The molecule has 9 nitrogen and oxygen atoms in total. The first-order valence-corrected chi connectivity index (χ1v) is 13.5. The van der Waals surface area contributed by atoms with Crippen LogP contribution in [-0.2, 0) is 21.4 Å². The zero-order chi connectivity index (χ0) is 25.3. The highest BCUT2D eigenvalue weighted by molar-refractivity contribution is 7.89. The Hall–Kier alpha value is -3.37. The average molecular weight is 512 g/mol. The summed E-state index contributed by atoms with van der Waals surface area (Å²) in [5.74, 6) is 1.30. The van der Waals surface area contributed by atoms with E-state index in [0.717, 1.165) is 12.8 Å². The van der Waals surface area contributed by atoms with Gasteiger partial charge in [-0.05, 0) is 37.0 Å². The van der Waals surface area contributed by atoms with E-state index in [4.69, 9.17) is 9.47 Å². The molecule has 1 fully saturated rings. The Bertz CT molecular complexity index is 1440. The molecule has 1 N–H and O–H groups in total. The normalized spacial score (nSPS) is 18.8. The second-order valence-corrected chi connectivity index (χ2v) is 11.3. The molecule has 0 radical (unpaired) electrons. The number of hydrogen-bond acceptors (Lipinski definition) is 6. The van der Waals surface area contributed by atoms with E-state index in [9.17, 15) is 18.0 Å². The monoisotopic (exact) mass is 511 g/mol. The lowest BCUT2D eigenvalue weighted by molar-refractivity contribution is -0.122. The van der Waals surface area contributed by atoms with Gasteiger partial charge in [0.1, 0.15) is 24.2 Å². The molecule has 1 amide bonds. The number of fused-ring (bicyclic) bond motifs is 2. The van der Waals surface area contributed by atoms with Gasteiger partial charge in [0.15, 0.2) is 11.5 Å². The van der Waals surface area contributed by atoms with Crippen LogP contribution in [0.4, 0.5) is 0 Å². The van der Waals surface area contributed by atoms with Crippen molar-refractivity contribution in [1.82, 2.24) is 14.2 Å². The van der Waals surface area contributed by atoms with E-state index in [1.54, 1.807) is 30.3 Å². The molecule has 190 valence electrons. The van der Waals surface area contributed by atoms with E-state index in [1.165, 1.54) is 15.1 Å². The van der Waals surface area contributed by atoms with Gasteiger partial charge in [-0.1, -0.05) is 37.3 Å². The molecular weight excluding hydrogens is 482 g/mol. The molecule has 1 saturated heterocycles. The number of carbonyl (C=O) groups is 1. The van der Waals surface area contributed by atoms with Gasteiger partial charge < -0.3 is 19.4 Å². The minimum atomic E-state index is -3.84. The number of aromatic nitrogens is 1. The number of amides is 1. The van der Waals surface area contributed by atoms with Gasteiger partial charge in [-0.25, -0.2) is 8.42 Å². The topological polar surface area (TPSA) is 107 Å². The lowest BCUT2D eigenvalue weighted by Gasteiger charge is -2.30. The van der Waals surface area contributed by atoms with Crippen molar-refractivity contribution in [1.29, 1.82) is 0 Å². The van der Waals surface area contributed by atoms with Gasteiger partial charge in [-0.2, -0.15) is 4.31 Å². The Morgan fingerprint density at radius 2 is 1.69 bits per heavy atom. The summed E-state index contributed by atoms with van der Waals surface area (Å²) in [6.45, 7) is 3.14. The maximum Gasteiger partial charge on any atom is 0.258 e. The van der Waals surface area contributed by atoms with Crippen LogP contribution in [0.5, 0.6) is 11.5 Å². The number of piperidine rings is 1. The van der Waals surface area contributed by atoms with Crippen LogP contribution in [-0.4, -0.2) is 55.5 Å². The Kier molecular flexibility index (Phi) is 6.72. The number of para-hydroxylation sites is 2. The molecule has 1 unspecified atom stereocenters. The highest BCUT2D eigenvalue weighted by Crippen LogP contribution is 2.31. The molecule has 1 aromatic heterocycles. The molecule has 0 saturated carbocycles. The van der Waals surface area contributed by atoms with E-state index in [1.807, 2.05) is 18.2 Å². The Morgan fingerprint density at radius 3 is 2.44 bits per heavy atom. The van der Waals surface area contributed by atoms with E-state index >= 15 is 0 Å². The minimum absolute atomic E-state index is 0.0423. The summed E-state index contributed by atoms with van der Waals surface area (Å²) >= 11 is 0. The Morgan fingerprint density at radius 1 is 1.03 bits per heavy atom. The maximum absolute atomic E-state index is 13.6. The number of ether oxygens (including phenoxy) is 2. The van der Waals surface area contributed by atoms with Crippen LogP contribution in [0, 0.1) is 5.92 Å². The minimum Gasteiger partial charge on any atom is -0.486 e. The van der Waals surface area contributed by atoms with Gasteiger partial charge >= 0.3 is 0 Å². The average Bonchev–Trinajstić information content (AvgIpc) is 2.89. The molecule has 0 spiro atoms. The Labute approximate surface area is 209 Å². The van der Waals surface area contributed by atoms with Crippen molar-refractivity contribution in [3.05, 3.63) is 65.1 Å². The van der Waals surface area contributed by atoms with Gasteiger partial charge in [0.25, 0.3) is 5.56 Å². The molecule has 2 aliphatic heterocycles. The predicted molar refractivity (Wildman–Crippen MR) is 135 cm³/mol. The van der Waals surface area contributed by atoms with E-state index in [0.29, 0.717) is 35.9 Å². The fourth-order valence-corrected chi connectivity index (χ4v) is 6.28. The molecule has 3 heterocycles. The van der Waals surface area contributed by atoms with Gasteiger partial charge in [0.05, 0.1) is 6.54 Å². The number of nitrogens with one attached hydrogen (secondary N) is 1. The zero-order valence-electron chi connectivity index (χ0n) is 20.1. The second-order valence-electron chi connectivity index (χ2n) is 9.36. The van der Waals surface area contributed by atoms with Crippen LogP contribution < -0.4 is 20.3 Å². The number of sulfonamides is 1. The van der Waals surface area contributed by atoms with Crippen molar-refractivity contribution in [3.8, 4) is 11.5 Å². The number of pyridine rings is 1. The predicted octanol–water partition coefficient (Wildman–Crippen LogP) is 2.38. The lowest BCUT2D eigenvalue weighted by atomic mass is 10.0. The van der Waals surface area contributed by atoms with Crippen molar-refractivity contribution >= 4 is 26.7 Å². The van der Waals surface area contributed by atoms with Crippen molar-refractivity contribution in [2.24, 2.45) is 5.92 Å². The number of carbonyl (C=O) groups excluding carboxylic acids is 1. The third-order valence-electron chi connectivity index (χ3n) is 6.73. The van der Waals surface area contributed by atoms with E-state index in [2.05, 4.69) is 12.2 Å². The van der Waals surface area contributed by atoms with Gasteiger partial charge in [0, 0.05) is 30.1 Å². The van der Waals surface area contributed by atoms with Crippen molar-refractivity contribution in [3.63, 3.8) is 0 Å². The molecule has 1 atom stereocenters. The SMILES string of the molecule is CC1CCN(S(=O)(=O)c2cn(CC(=O)NCC3COc4ccccc4O3)c(=O)c3ccccc23)CC1. The molecule has 2 aromatic carbocycles. The zero-order valence-corrected chi connectivity index (χ0v) is 20.9. The summed E-state index contributed by atoms with van der Waals surface area (Å²) in [4.78, 5) is 25.9. The molecule has 2 aliphatic rings. The molecule has 0 aliphatic carbocycles. The van der Waals surface area contributed by atoms with Crippen molar-refractivity contribution in [2.45, 2.75) is 37.3 Å². The summed E-state index contributed by atoms with van der Waals surface area (Å²) in [6, 6.07) is 13.9. The molecule has 0 bridgehead atoms. The van der Waals surface area contributed by atoms with Crippen LogP contribution in [0.1, 0.15) is 19.8 Å². The second kappa shape index (κ2) is 9.94. The van der Waals surface area contributed by atoms with Crippen molar-refractivity contribution < 1.29 is 22.7 Å². The first-order chi connectivity index (χ1) is 17.3. The fourth-order valence-electron chi connectivity index (χ4n) is 4.60. The van der Waals surface area contributed by atoms with Crippen LogP contribution in [0.3, 0.4) is 0 Å². The molecule has 10 heteroatoms. The van der Waals surface area contributed by atoms with Crippen LogP contribution in [0.15, 0.2) is 64.4 Å². The molecule has 5 rings (SSSR count). The summed E-state index contributed by atoms with van der Waals surface area (Å²) in [7, 11) is -3.84. The number of benzene rings is 2. The summed E-state index contributed by atoms with van der Waals surface area (Å²) in [5, 5.41) is 3.40. The molecule has 3 aromatic rings. The van der Waals surface area contributed by atoms with Crippen LogP contribution in [0.25, 0.3) is 10.8 Å². The maximum atomic E-state index is 13.6. The highest BCUT2D eigenvalue weighted by atomic mass is 32.2. The molecule has 36 heavy (non-hydrogen) atoms. The van der Waals surface area contributed by atoms with Crippen molar-refractivity contribution in [2.75, 3.05) is 26.2 Å². The van der Waals surface area contributed by atoms with E-state index < -0.39 is 21.5 Å². The summed E-state index contributed by atoms with van der Waals surface area (Å²) < 4.78 is 41.3. The third kappa shape index (κ3) is 4.83. The Balaban J connectivity index is 1.36. The van der Waals surface area contributed by atoms with Crippen LogP contribution in [0.2, 0.25) is 0 Å². The standard InChI is InChI=1S/C26H29N3O6S/c1-18-10-12-29(13-11-18)36(32,33)24-15-28(26(31)21-7-3-2-6-20(21)24)16-25(30)27-14-19-17-34-22-8-4-5-9-23(22)35-19/h2-9,15,18-19H,10-14,16-17H2,1H3,(H,27,30). The van der Waals surface area contributed by atoms with Crippen LogP contribution >= 0.6 is 0 Å². The fraction of sp³-hybridized carbons (Fsp3) is 0.385. The van der Waals surface area contributed by atoms with Gasteiger partial charge in [-0.15, -0.1) is 0 Å². The molecular formula is C26H29N3O6S. The first kappa shape index (κ1) is 24.3. The number of hydrogen-bond donors (Lipinski definition) is 1. The number of nitrogens with zero attached hydrogens (tertiary/aromatic N) is 2. The summed E-state index contributed by atoms with van der Waals surface area (Å²) in [6.07, 6.45) is 2.50. The quantitative estimate of drug-likeness (QED) is 0.545. The van der Waals surface area contributed by atoms with E-state index in [-0.39, 0.29) is 36.1 Å². The summed E-state index contributed by atoms with van der Waals surface area (Å²) in [5.41, 5.74) is -0.418. The lowest BCUT2D eigenvalue weighted by Crippen LogP contribution is -2.42. The van der Waals surface area contributed by atoms with Gasteiger partial charge in [0.2, 0.25) is 15.9 Å². The number of rotatable bonds is 6. The highest BCUT2D eigenvalue weighted by Gasteiger charge is 2.31. The largest absolute Gasteiger partial charge is 0.486 e. The van der Waals surface area contributed by atoms with Gasteiger partial charge in [-0.3, -0.25) is 9.59 Å². The smallest absolute Gasteiger partial charge is 0.258 e. The first-order valence-electron chi connectivity index (χ1n) is 12.1.